The monoisotopic (exact) mass is 615 g/mol. The van der Waals surface area contributed by atoms with E-state index in [1.165, 1.54) is 44.6 Å². The third-order valence-corrected chi connectivity index (χ3v) is 10.8. The second kappa shape index (κ2) is 12.4. The molecule has 2 amide bonds. The van der Waals surface area contributed by atoms with Crippen molar-refractivity contribution in [2.45, 2.75) is 109 Å². The summed E-state index contributed by atoms with van der Waals surface area (Å²) in [6.07, 6.45) is 8.56. The van der Waals surface area contributed by atoms with Crippen LogP contribution in [-0.4, -0.2) is 40.5 Å². The number of carbonyl (C=O) groups is 2. The van der Waals surface area contributed by atoms with Gasteiger partial charge in [-0.05, 0) is 107 Å². The van der Waals surface area contributed by atoms with E-state index in [0.29, 0.717) is 28.3 Å². The summed E-state index contributed by atoms with van der Waals surface area (Å²) in [6.45, 7) is 4.01. The zero-order valence-electron chi connectivity index (χ0n) is 25.5. The molecule has 1 aromatic heterocycles. The zero-order valence-corrected chi connectivity index (χ0v) is 25.5. The van der Waals surface area contributed by atoms with E-state index in [-0.39, 0.29) is 23.7 Å². The normalized spacial score (nSPS) is 28.8. The van der Waals surface area contributed by atoms with Crippen LogP contribution >= 0.6 is 0 Å². The van der Waals surface area contributed by atoms with Crippen molar-refractivity contribution in [3.63, 3.8) is 0 Å². The van der Waals surface area contributed by atoms with Crippen molar-refractivity contribution in [3.05, 3.63) is 34.4 Å². The second-order valence-electron chi connectivity index (χ2n) is 13.9. The van der Waals surface area contributed by atoms with Gasteiger partial charge in [-0.3, -0.25) is 24.3 Å². The lowest BCUT2D eigenvalue weighted by molar-refractivity contribution is -0.150. The van der Waals surface area contributed by atoms with Crippen LogP contribution in [0.5, 0.6) is 0 Å². The largest absolute Gasteiger partial charge is 0.449 e. The number of nitrogens with one attached hydrogen (secondary N) is 3. The Morgan fingerprint density at radius 1 is 0.977 bits per heavy atom. The number of aromatic nitrogens is 2. The van der Waals surface area contributed by atoms with Crippen LogP contribution < -0.4 is 21.5 Å². The van der Waals surface area contributed by atoms with Gasteiger partial charge in [0.25, 0.3) is 5.56 Å². The molecule has 44 heavy (non-hydrogen) atoms. The predicted molar refractivity (Wildman–Crippen MR) is 162 cm³/mol. The molecule has 2 atom stereocenters. The summed E-state index contributed by atoms with van der Waals surface area (Å²) in [7, 11) is 0. The lowest BCUT2D eigenvalue weighted by Gasteiger charge is -2.59. The van der Waals surface area contributed by atoms with Crippen LogP contribution in [0.15, 0.2) is 23.0 Å². The molecule has 7 rings (SSSR count). The maximum absolute atomic E-state index is 14.0. The number of piperidine rings is 1. The van der Waals surface area contributed by atoms with Crippen molar-refractivity contribution >= 4 is 28.4 Å². The van der Waals surface area contributed by atoms with Crippen LogP contribution in [0.3, 0.4) is 0 Å². The molecule has 4 bridgehead atoms. The summed E-state index contributed by atoms with van der Waals surface area (Å²) in [5, 5.41) is 9.13. The highest BCUT2D eigenvalue weighted by Gasteiger charge is 2.53. The highest BCUT2D eigenvalue weighted by molar-refractivity contribution is 5.99. The molecule has 1 saturated heterocycles. The van der Waals surface area contributed by atoms with Crippen molar-refractivity contribution in [1.82, 2.24) is 20.2 Å². The fraction of sp³-hybridized carbons (Fsp3) is 0.697. The van der Waals surface area contributed by atoms with Crippen LogP contribution in [0.4, 0.5) is 18.9 Å². The molecule has 4 saturated carbocycles. The number of rotatable bonds is 12. The van der Waals surface area contributed by atoms with Crippen LogP contribution in [-0.2, 0) is 15.8 Å². The third kappa shape index (κ3) is 6.26. The first kappa shape index (κ1) is 31.0. The van der Waals surface area contributed by atoms with Gasteiger partial charge in [0.1, 0.15) is 6.04 Å². The average Bonchev–Trinajstić information content (AvgIpc) is 2.95. The van der Waals surface area contributed by atoms with E-state index in [1.54, 1.807) is 12.1 Å². The van der Waals surface area contributed by atoms with Gasteiger partial charge in [0.2, 0.25) is 17.6 Å². The molecule has 240 valence electrons. The van der Waals surface area contributed by atoms with Gasteiger partial charge in [0.05, 0.1) is 10.9 Å². The van der Waals surface area contributed by atoms with E-state index in [4.69, 9.17) is 0 Å². The Labute approximate surface area is 255 Å². The Balaban J connectivity index is 1.000. The van der Waals surface area contributed by atoms with E-state index >= 15 is 0 Å². The first-order valence-electron chi connectivity index (χ1n) is 16.5. The van der Waals surface area contributed by atoms with E-state index in [1.807, 2.05) is 5.32 Å². The molecule has 4 aliphatic carbocycles. The third-order valence-electron chi connectivity index (χ3n) is 10.8. The summed E-state index contributed by atoms with van der Waals surface area (Å²) in [5.41, 5.74) is -0.129. The number of nitrogens with zero attached hydrogens (tertiary/aromatic N) is 2. The quantitative estimate of drug-likeness (QED) is 0.201. The van der Waals surface area contributed by atoms with Crippen LogP contribution in [0, 0.1) is 23.2 Å². The molecular weight excluding hydrogens is 571 g/mol. The molecule has 11 heteroatoms. The Kier molecular flexibility index (Phi) is 8.78. The van der Waals surface area contributed by atoms with Crippen molar-refractivity contribution in [3.8, 4) is 0 Å². The topological polar surface area (TPSA) is 105 Å². The van der Waals surface area contributed by atoms with Gasteiger partial charge in [-0.1, -0.05) is 25.3 Å². The molecule has 1 aliphatic heterocycles. The Bertz CT molecular complexity index is 1420. The van der Waals surface area contributed by atoms with Crippen LogP contribution in [0.1, 0.15) is 102 Å². The number of hydrogen-bond acceptors (Lipinski definition) is 6. The highest BCUT2D eigenvalue weighted by atomic mass is 19.4. The van der Waals surface area contributed by atoms with E-state index in [2.05, 4.69) is 22.5 Å². The first-order chi connectivity index (χ1) is 21.0. The molecule has 0 radical (unpaired) electrons. The minimum absolute atomic E-state index is 0.00409. The number of imide groups is 1. The smallest absolute Gasteiger partial charge is 0.384 e. The fourth-order valence-corrected chi connectivity index (χ4v) is 9.05. The number of unbranched alkanes of at least 4 members (excludes halogenated alkanes) is 4. The lowest BCUT2D eigenvalue weighted by Crippen LogP contribution is -2.54. The number of carbonyl (C=O) groups excluding carboxylic acids is 2. The molecule has 2 aromatic rings. The van der Waals surface area contributed by atoms with E-state index < -0.39 is 35.4 Å². The SMILES string of the molecule is C[C@H](NCCCCCCCNc1cccc2nc(C(F)(F)F)n([C@H]3CCC(=O)NC3=O)c(=O)c12)C12CC3CC(CC(C3)C1)C2. The highest BCUT2D eigenvalue weighted by Crippen LogP contribution is 2.61. The number of hydrogen-bond donors (Lipinski definition) is 3. The summed E-state index contributed by atoms with van der Waals surface area (Å²) < 4.78 is 42.3. The minimum Gasteiger partial charge on any atom is -0.384 e. The number of halogens is 3. The Morgan fingerprint density at radius 3 is 2.25 bits per heavy atom. The van der Waals surface area contributed by atoms with Gasteiger partial charge in [0, 0.05) is 24.7 Å². The van der Waals surface area contributed by atoms with Gasteiger partial charge in [-0.2, -0.15) is 13.2 Å². The summed E-state index contributed by atoms with van der Waals surface area (Å²) in [6, 6.07) is 3.69. The Hall–Kier alpha value is -2.95. The van der Waals surface area contributed by atoms with Crippen molar-refractivity contribution < 1.29 is 22.8 Å². The van der Waals surface area contributed by atoms with Gasteiger partial charge in [0.15, 0.2) is 0 Å². The van der Waals surface area contributed by atoms with Crippen molar-refractivity contribution in [2.75, 3.05) is 18.4 Å². The molecule has 0 spiro atoms. The van der Waals surface area contributed by atoms with Gasteiger partial charge >= 0.3 is 6.18 Å². The molecular formula is C33H44F3N5O3. The number of fused-ring (bicyclic) bond motifs is 1. The van der Waals surface area contributed by atoms with Crippen LogP contribution in [0.2, 0.25) is 0 Å². The first-order valence-corrected chi connectivity index (χ1v) is 16.5. The average molecular weight is 616 g/mol. The van der Waals surface area contributed by atoms with E-state index in [0.717, 1.165) is 56.4 Å². The standard InChI is InChI=1S/C33H44F3N5O3/c1-20(32-17-21-14-22(18-32)16-23(15-21)19-32)37-12-5-3-2-4-6-13-38-24-8-7-9-25-28(24)30(44)41(31(39-25)33(34,35)36)26-10-11-27(42)40-29(26)43/h7-9,20-23,26,37-38H,2-6,10-19H2,1H3,(H,40,42,43)/t20-,21?,22?,23?,26-,32?/m0/s1. The van der Waals surface area contributed by atoms with Crippen molar-refractivity contribution in [2.24, 2.45) is 23.2 Å². The summed E-state index contributed by atoms with van der Waals surface area (Å²) in [5.74, 6) is -0.0532. The number of amides is 2. The number of benzene rings is 1. The minimum atomic E-state index is -4.96. The predicted octanol–water partition coefficient (Wildman–Crippen LogP) is 5.95. The molecule has 0 unspecified atom stereocenters. The number of anilines is 1. The summed E-state index contributed by atoms with van der Waals surface area (Å²) >= 11 is 0. The maximum atomic E-state index is 14.0. The molecule has 5 aliphatic rings. The Morgan fingerprint density at radius 2 is 1.61 bits per heavy atom. The number of alkyl halides is 3. The fourth-order valence-electron chi connectivity index (χ4n) is 9.05. The molecule has 2 heterocycles. The molecule has 5 fully saturated rings. The van der Waals surface area contributed by atoms with Gasteiger partial charge in [-0.25, -0.2) is 4.98 Å². The van der Waals surface area contributed by atoms with E-state index in [9.17, 15) is 27.6 Å². The zero-order chi connectivity index (χ0) is 31.1. The lowest BCUT2D eigenvalue weighted by atomic mass is 9.48. The van der Waals surface area contributed by atoms with Gasteiger partial charge < -0.3 is 10.6 Å². The van der Waals surface area contributed by atoms with Crippen molar-refractivity contribution in [1.29, 1.82) is 0 Å². The second-order valence-corrected chi connectivity index (χ2v) is 13.9. The van der Waals surface area contributed by atoms with Gasteiger partial charge in [-0.15, -0.1) is 0 Å². The van der Waals surface area contributed by atoms with Crippen LogP contribution in [0.25, 0.3) is 10.9 Å². The summed E-state index contributed by atoms with van der Waals surface area (Å²) in [4.78, 5) is 41.3. The molecule has 1 aromatic carbocycles. The maximum Gasteiger partial charge on any atom is 0.449 e. The molecule has 3 N–H and O–H groups in total. The molecule has 8 nitrogen and oxygen atoms in total.